The number of anilines is 1. The number of rotatable bonds is 4. The fourth-order valence-electron chi connectivity index (χ4n) is 4.01. The molecule has 2 aromatic carbocycles. The van der Waals surface area contributed by atoms with Crippen LogP contribution in [0.25, 0.3) is 11.3 Å². The largest absolute Gasteiger partial charge is 0.459 e. The number of aromatic nitrogens is 1. The second kappa shape index (κ2) is 8.43. The van der Waals surface area contributed by atoms with Crippen molar-refractivity contribution in [1.29, 1.82) is 0 Å². The van der Waals surface area contributed by atoms with Crippen LogP contribution in [0.2, 0.25) is 0 Å². The first-order valence-electron chi connectivity index (χ1n) is 10.3. The Morgan fingerprint density at radius 1 is 1.03 bits per heavy atom. The summed E-state index contributed by atoms with van der Waals surface area (Å²) in [5, 5.41) is 3.47. The highest BCUT2D eigenvalue weighted by Gasteiger charge is 2.36. The zero-order chi connectivity index (χ0) is 22.1. The Kier molecular flexibility index (Phi) is 5.33. The number of amides is 2. The van der Waals surface area contributed by atoms with E-state index in [-0.39, 0.29) is 17.6 Å². The average molecular weight is 444 g/mol. The van der Waals surface area contributed by atoms with Crippen molar-refractivity contribution in [2.24, 2.45) is 0 Å². The van der Waals surface area contributed by atoms with Crippen molar-refractivity contribution in [2.45, 2.75) is 25.9 Å². The molecule has 4 aromatic rings. The van der Waals surface area contributed by atoms with E-state index in [1.165, 1.54) is 17.6 Å². The number of fused-ring (bicyclic) bond motifs is 1. The average Bonchev–Trinajstić information content (AvgIpc) is 3.48. The summed E-state index contributed by atoms with van der Waals surface area (Å²) in [6, 6.07) is 20.4. The Labute approximate surface area is 189 Å². The summed E-state index contributed by atoms with van der Waals surface area (Å²) in [5.74, 6) is -0.337. The molecule has 0 radical (unpaired) electrons. The molecule has 2 amide bonds. The molecule has 160 valence electrons. The molecule has 6 nitrogen and oxygen atoms in total. The fraction of sp³-hybridized carbons (Fsp3) is 0.160. The van der Waals surface area contributed by atoms with E-state index in [0.29, 0.717) is 18.1 Å². The third-order valence-corrected chi connectivity index (χ3v) is 6.50. The first kappa shape index (κ1) is 20.2. The van der Waals surface area contributed by atoms with E-state index in [1.54, 1.807) is 17.0 Å². The molecule has 0 aliphatic carbocycles. The van der Waals surface area contributed by atoms with Crippen LogP contribution in [0.3, 0.4) is 0 Å². The summed E-state index contributed by atoms with van der Waals surface area (Å²) in [4.78, 5) is 33.7. The molecule has 5 rings (SSSR count). The molecule has 3 heterocycles. The van der Waals surface area contributed by atoms with Gasteiger partial charge < -0.3 is 14.6 Å². The van der Waals surface area contributed by atoms with E-state index in [9.17, 15) is 9.59 Å². The number of aryl methyl sites for hydroxylation is 1. The second-order valence-electron chi connectivity index (χ2n) is 7.68. The maximum atomic E-state index is 13.3. The van der Waals surface area contributed by atoms with Gasteiger partial charge in [-0.15, -0.1) is 11.3 Å². The Morgan fingerprint density at radius 2 is 1.78 bits per heavy atom. The van der Waals surface area contributed by atoms with Crippen molar-refractivity contribution in [1.82, 2.24) is 9.88 Å². The Bertz CT molecular complexity index is 1260. The van der Waals surface area contributed by atoms with Gasteiger partial charge in [0.25, 0.3) is 5.91 Å². The minimum Gasteiger partial charge on any atom is -0.459 e. The monoisotopic (exact) mass is 443 g/mol. The SMILES string of the molecule is Cc1sc(NC(=O)C2Cc3ccccc3CN2C(=O)c2ccco2)nc1-c1ccccc1. The van der Waals surface area contributed by atoms with E-state index in [0.717, 1.165) is 27.3 Å². The van der Waals surface area contributed by atoms with E-state index >= 15 is 0 Å². The lowest BCUT2D eigenvalue weighted by atomic mass is 9.93. The van der Waals surface area contributed by atoms with Crippen molar-refractivity contribution in [3.8, 4) is 11.3 Å². The highest BCUT2D eigenvalue weighted by atomic mass is 32.1. The van der Waals surface area contributed by atoms with E-state index in [4.69, 9.17) is 4.42 Å². The summed E-state index contributed by atoms with van der Waals surface area (Å²) in [6.45, 7) is 2.33. The molecular formula is C25H21N3O3S. The van der Waals surface area contributed by atoms with Crippen molar-refractivity contribution in [2.75, 3.05) is 5.32 Å². The fourth-order valence-corrected chi connectivity index (χ4v) is 4.85. The van der Waals surface area contributed by atoms with Crippen LogP contribution in [0, 0.1) is 6.92 Å². The van der Waals surface area contributed by atoms with Gasteiger partial charge in [0.05, 0.1) is 12.0 Å². The quantitative estimate of drug-likeness (QED) is 0.486. The minimum atomic E-state index is -0.660. The molecule has 1 atom stereocenters. The molecular weight excluding hydrogens is 422 g/mol. The van der Waals surface area contributed by atoms with Crippen LogP contribution in [0.4, 0.5) is 5.13 Å². The summed E-state index contributed by atoms with van der Waals surface area (Å²) < 4.78 is 5.32. The number of nitrogens with one attached hydrogen (secondary N) is 1. The second-order valence-corrected chi connectivity index (χ2v) is 8.88. The lowest BCUT2D eigenvalue weighted by Gasteiger charge is -2.35. The molecule has 0 saturated heterocycles. The molecule has 0 bridgehead atoms. The third-order valence-electron chi connectivity index (χ3n) is 5.62. The van der Waals surface area contributed by atoms with Crippen LogP contribution in [0.5, 0.6) is 0 Å². The number of thiazole rings is 1. The molecule has 0 fully saturated rings. The van der Waals surface area contributed by atoms with Gasteiger partial charge in [0.2, 0.25) is 5.91 Å². The van der Waals surface area contributed by atoms with Crippen molar-refractivity contribution < 1.29 is 14.0 Å². The highest BCUT2D eigenvalue weighted by molar-refractivity contribution is 7.16. The molecule has 1 N–H and O–H groups in total. The first-order chi connectivity index (χ1) is 15.6. The summed E-state index contributed by atoms with van der Waals surface area (Å²) >= 11 is 1.43. The van der Waals surface area contributed by atoms with Gasteiger partial charge >= 0.3 is 0 Å². The number of hydrogen-bond acceptors (Lipinski definition) is 5. The van der Waals surface area contributed by atoms with Gasteiger partial charge in [-0.05, 0) is 30.2 Å². The summed E-state index contributed by atoms with van der Waals surface area (Å²) in [6.07, 6.45) is 1.90. The number of benzene rings is 2. The Hall–Kier alpha value is -3.71. The molecule has 1 aliphatic heterocycles. The Morgan fingerprint density at radius 3 is 2.53 bits per heavy atom. The van der Waals surface area contributed by atoms with Crippen LogP contribution in [0.1, 0.15) is 26.6 Å². The molecule has 32 heavy (non-hydrogen) atoms. The van der Waals surface area contributed by atoms with Crippen LogP contribution >= 0.6 is 11.3 Å². The summed E-state index contributed by atoms with van der Waals surface area (Å²) in [7, 11) is 0. The maximum Gasteiger partial charge on any atom is 0.290 e. The third kappa shape index (κ3) is 3.83. The number of furan rings is 1. The summed E-state index contributed by atoms with van der Waals surface area (Å²) in [5.41, 5.74) is 3.95. The van der Waals surface area contributed by atoms with Crippen molar-refractivity contribution >= 4 is 28.3 Å². The normalized spacial score (nSPS) is 15.3. The topological polar surface area (TPSA) is 75.4 Å². The van der Waals surface area contributed by atoms with E-state index in [1.807, 2.05) is 61.5 Å². The van der Waals surface area contributed by atoms with E-state index < -0.39 is 6.04 Å². The van der Waals surface area contributed by atoms with Crippen molar-refractivity contribution in [3.63, 3.8) is 0 Å². The van der Waals surface area contributed by atoms with Gasteiger partial charge in [0.1, 0.15) is 6.04 Å². The molecule has 1 unspecified atom stereocenters. The van der Waals surface area contributed by atoms with Gasteiger partial charge in [-0.25, -0.2) is 4.98 Å². The molecule has 1 aliphatic rings. The van der Waals surface area contributed by atoms with Gasteiger partial charge in [-0.3, -0.25) is 9.59 Å². The van der Waals surface area contributed by atoms with Crippen LogP contribution < -0.4 is 5.32 Å². The zero-order valence-corrected chi connectivity index (χ0v) is 18.3. The van der Waals surface area contributed by atoms with E-state index in [2.05, 4.69) is 10.3 Å². The molecule has 0 spiro atoms. The number of nitrogens with zero attached hydrogens (tertiary/aromatic N) is 2. The van der Waals surface area contributed by atoms with Gasteiger partial charge in [-0.2, -0.15) is 0 Å². The lowest BCUT2D eigenvalue weighted by Crippen LogP contribution is -2.50. The predicted molar refractivity (Wildman–Crippen MR) is 123 cm³/mol. The lowest BCUT2D eigenvalue weighted by molar-refractivity contribution is -0.121. The number of carbonyl (C=O) groups is 2. The smallest absolute Gasteiger partial charge is 0.290 e. The van der Waals surface area contributed by atoms with Crippen LogP contribution in [0.15, 0.2) is 77.4 Å². The van der Waals surface area contributed by atoms with Crippen LogP contribution in [-0.4, -0.2) is 27.7 Å². The molecule has 7 heteroatoms. The maximum absolute atomic E-state index is 13.3. The molecule has 2 aromatic heterocycles. The molecule has 0 saturated carbocycles. The highest BCUT2D eigenvalue weighted by Crippen LogP contribution is 2.31. The number of carbonyl (C=O) groups excluding carboxylic acids is 2. The van der Waals surface area contributed by atoms with Crippen molar-refractivity contribution in [3.05, 3.63) is 94.8 Å². The predicted octanol–water partition coefficient (Wildman–Crippen LogP) is 4.92. The first-order valence-corrected chi connectivity index (χ1v) is 11.2. The van der Waals surface area contributed by atoms with Crippen LogP contribution in [-0.2, 0) is 17.8 Å². The Balaban J connectivity index is 1.42. The van der Waals surface area contributed by atoms with Gasteiger partial charge in [-0.1, -0.05) is 54.6 Å². The standard InChI is InChI=1S/C25H21N3O3S/c1-16-22(17-8-3-2-4-9-17)26-25(32-16)27-23(29)20-14-18-10-5-6-11-19(18)15-28(20)24(30)21-12-7-13-31-21/h2-13,20H,14-15H2,1H3,(H,26,27,29). The van der Waals surface area contributed by atoms with Gasteiger partial charge in [0, 0.05) is 23.4 Å². The van der Waals surface area contributed by atoms with Gasteiger partial charge in [0.15, 0.2) is 10.9 Å². The zero-order valence-electron chi connectivity index (χ0n) is 17.4. The minimum absolute atomic E-state index is 0.221. The number of hydrogen-bond donors (Lipinski definition) is 1.